The van der Waals surface area contributed by atoms with Crippen LogP contribution in [-0.2, 0) is 34.3 Å². The van der Waals surface area contributed by atoms with Crippen molar-refractivity contribution in [2.45, 2.75) is 50.4 Å². The SMILES string of the molecule is O=C(O)CCCl.O=C(O)CCOc1cccc(C(F)(F)F)c1.O=C1CCOc2cc(C(F)(F)F)ccc21.O=C1CCOc2cccc(C(F)(F)F)c21.Oc1cccc(C(F)(F)F)c1. The van der Waals surface area contributed by atoms with E-state index in [1.54, 1.807) is 0 Å². The highest BCUT2D eigenvalue weighted by Gasteiger charge is 2.38. The van der Waals surface area contributed by atoms with E-state index in [0.717, 1.165) is 42.5 Å². The minimum absolute atomic E-state index is 0.0000926. The summed E-state index contributed by atoms with van der Waals surface area (Å²) in [6, 6.07) is 14.7. The van der Waals surface area contributed by atoms with Gasteiger partial charge in [-0.05, 0) is 66.7 Å². The molecular weight excluding hydrogens is 904 g/mol. The van der Waals surface area contributed by atoms with Crippen LogP contribution in [0, 0.1) is 0 Å². The lowest BCUT2D eigenvalue weighted by atomic mass is 9.98. The van der Waals surface area contributed by atoms with E-state index in [4.69, 9.17) is 41.1 Å². The Morgan fingerprint density at radius 3 is 1.60 bits per heavy atom. The van der Waals surface area contributed by atoms with Crippen molar-refractivity contribution in [1.82, 2.24) is 0 Å². The number of rotatable bonds is 6. The molecule has 2 aliphatic heterocycles. The fraction of sp³-hybridized carbons (Fsp3) is 0.300. The molecule has 10 nitrogen and oxygen atoms in total. The molecule has 0 radical (unpaired) electrons. The molecule has 0 saturated carbocycles. The largest absolute Gasteiger partial charge is 0.508 e. The molecule has 344 valence electrons. The monoisotopic (exact) mass is 936 g/mol. The number of ether oxygens (including phenoxy) is 3. The third kappa shape index (κ3) is 18.4. The summed E-state index contributed by atoms with van der Waals surface area (Å²) in [5.41, 5.74) is -3.47. The first-order valence-electron chi connectivity index (χ1n) is 17.5. The maximum atomic E-state index is 12.5. The number of carbonyl (C=O) groups is 4. The van der Waals surface area contributed by atoms with Gasteiger partial charge in [0.25, 0.3) is 0 Å². The smallest absolute Gasteiger partial charge is 0.417 e. The quantitative estimate of drug-likeness (QED) is 0.126. The molecule has 0 unspecified atom stereocenters. The third-order valence-electron chi connectivity index (χ3n) is 7.62. The second kappa shape index (κ2) is 23.3. The van der Waals surface area contributed by atoms with E-state index in [1.807, 2.05) is 0 Å². The molecule has 4 aromatic carbocycles. The van der Waals surface area contributed by atoms with Gasteiger partial charge in [0.2, 0.25) is 0 Å². The Morgan fingerprint density at radius 2 is 1.11 bits per heavy atom. The second-order valence-electron chi connectivity index (χ2n) is 12.3. The number of fused-ring (bicyclic) bond motifs is 2. The summed E-state index contributed by atoms with van der Waals surface area (Å²) in [4.78, 5) is 42.3. The Kier molecular flexibility index (Phi) is 19.6. The van der Waals surface area contributed by atoms with Crippen LogP contribution in [0.2, 0.25) is 0 Å². The molecule has 3 N–H and O–H groups in total. The first-order chi connectivity index (χ1) is 29.1. The highest BCUT2D eigenvalue weighted by Crippen LogP contribution is 2.38. The highest BCUT2D eigenvalue weighted by atomic mass is 35.5. The zero-order valence-electron chi connectivity index (χ0n) is 31.9. The maximum Gasteiger partial charge on any atom is 0.417 e. The molecular formula is C40H33ClF12O10. The molecule has 0 aliphatic carbocycles. The number of carboxylic acids is 2. The number of carbonyl (C=O) groups excluding carboxylic acids is 2. The number of carboxylic acid groups (broad SMARTS) is 2. The van der Waals surface area contributed by atoms with E-state index < -0.39 is 64.7 Å². The first kappa shape index (κ1) is 52.9. The number of aromatic hydroxyl groups is 1. The van der Waals surface area contributed by atoms with Crippen LogP contribution in [0.3, 0.4) is 0 Å². The maximum absolute atomic E-state index is 12.5. The highest BCUT2D eigenvalue weighted by molar-refractivity contribution is 6.18. The Labute approximate surface area is 353 Å². The normalized spacial score (nSPS) is 13.2. The van der Waals surface area contributed by atoms with E-state index in [1.165, 1.54) is 36.4 Å². The summed E-state index contributed by atoms with van der Waals surface area (Å²) in [6.07, 6.45) is -17.7. The number of ketones is 2. The molecule has 23 heteroatoms. The fourth-order valence-corrected chi connectivity index (χ4v) is 4.93. The molecule has 0 saturated heterocycles. The summed E-state index contributed by atoms with van der Waals surface area (Å²) in [6.45, 7) is 0.136. The second-order valence-corrected chi connectivity index (χ2v) is 12.7. The summed E-state index contributed by atoms with van der Waals surface area (Å²) in [5.74, 6) is -2.70. The van der Waals surface area contributed by atoms with E-state index in [9.17, 15) is 71.9 Å². The van der Waals surface area contributed by atoms with Gasteiger partial charge in [-0.25, -0.2) is 0 Å². The Balaban J connectivity index is 0.000000279. The number of phenols is 1. The van der Waals surface area contributed by atoms with E-state index >= 15 is 0 Å². The minimum atomic E-state index is -4.51. The van der Waals surface area contributed by atoms with Crippen molar-refractivity contribution < 1.29 is 101 Å². The van der Waals surface area contributed by atoms with Gasteiger partial charge in [0.15, 0.2) is 11.6 Å². The van der Waals surface area contributed by atoms with Gasteiger partial charge in [0, 0.05) is 18.7 Å². The molecule has 0 spiro atoms. The number of aliphatic carboxylic acids is 2. The van der Waals surface area contributed by atoms with Gasteiger partial charge in [-0.2, -0.15) is 52.7 Å². The van der Waals surface area contributed by atoms with Crippen molar-refractivity contribution >= 4 is 35.1 Å². The van der Waals surface area contributed by atoms with Crippen molar-refractivity contribution in [2.24, 2.45) is 0 Å². The van der Waals surface area contributed by atoms with Crippen molar-refractivity contribution in [3.05, 3.63) is 118 Å². The molecule has 0 aromatic heterocycles. The average molecular weight is 937 g/mol. The molecule has 0 amide bonds. The van der Waals surface area contributed by atoms with Gasteiger partial charge in [-0.15, -0.1) is 11.6 Å². The van der Waals surface area contributed by atoms with Gasteiger partial charge in [0.1, 0.15) is 23.0 Å². The molecule has 4 aromatic rings. The lowest BCUT2D eigenvalue weighted by Crippen LogP contribution is -2.20. The lowest BCUT2D eigenvalue weighted by molar-refractivity contribution is -0.139. The third-order valence-corrected chi connectivity index (χ3v) is 7.81. The van der Waals surface area contributed by atoms with Crippen LogP contribution in [0.1, 0.15) is 68.7 Å². The predicted octanol–water partition coefficient (Wildman–Crippen LogP) is 11.0. The van der Waals surface area contributed by atoms with E-state index in [0.29, 0.717) is 6.07 Å². The summed E-state index contributed by atoms with van der Waals surface area (Å²) in [5, 5.41) is 24.8. The molecule has 6 rings (SSSR count). The molecule has 63 heavy (non-hydrogen) atoms. The van der Waals surface area contributed by atoms with Crippen LogP contribution >= 0.6 is 11.6 Å². The van der Waals surface area contributed by atoms with Gasteiger partial charge >= 0.3 is 36.6 Å². The van der Waals surface area contributed by atoms with Crippen LogP contribution in [0.15, 0.2) is 84.9 Å². The van der Waals surface area contributed by atoms with Crippen molar-refractivity contribution in [2.75, 3.05) is 25.7 Å². The fourth-order valence-electron chi connectivity index (χ4n) is 4.77. The average Bonchev–Trinajstić information content (AvgIpc) is 3.17. The van der Waals surface area contributed by atoms with Crippen LogP contribution < -0.4 is 14.2 Å². The van der Waals surface area contributed by atoms with Crippen LogP contribution in [0.4, 0.5) is 52.7 Å². The van der Waals surface area contributed by atoms with E-state index in [2.05, 4.69) is 0 Å². The van der Waals surface area contributed by atoms with Crippen LogP contribution in [0.25, 0.3) is 0 Å². The van der Waals surface area contributed by atoms with Gasteiger partial charge < -0.3 is 29.5 Å². The van der Waals surface area contributed by atoms with Crippen LogP contribution in [-0.4, -0.2) is 64.5 Å². The standard InChI is InChI=1S/C10H9F3O3.2C10H7F3O2.C7H5F3O.C3H5ClO2/c11-10(12,13)7-2-1-3-8(6-7)16-5-4-9(14)15;11-10(12,13)6-1-2-7-8(14)3-4-15-9(7)5-6;11-10(12,13)6-2-1-3-8-9(6)7(14)4-5-15-8;8-7(9,10)5-2-1-3-6(11)4-5;4-2-1-3(5)6/h1-3,6H,4-5H2,(H,14,15);1-2,5H,3-4H2;1-3H,4-5H2;1-4,11H;1-2H2,(H,5,6). The summed E-state index contributed by atoms with van der Waals surface area (Å²) >= 11 is 5.02. The number of halogens is 13. The predicted molar refractivity (Wildman–Crippen MR) is 197 cm³/mol. The molecule has 0 atom stereocenters. The van der Waals surface area contributed by atoms with Crippen molar-refractivity contribution in [3.63, 3.8) is 0 Å². The van der Waals surface area contributed by atoms with Gasteiger partial charge in [0.05, 0.1) is 66.0 Å². The van der Waals surface area contributed by atoms with Crippen molar-refractivity contribution in [1.29, 1.82) is 0 Å². The Morgan fingerprint density at radius 1 is 0.603 bits per heavy atom. The van der Waals surface area contributed by atoms with Gasteiger partial charge in [-0.3, -0.25) is 19.2 Å². The molecule has 2 heterocycles. The zero-order chi connectivity index (χ0) is 47.8. The number of Topliss-reactive ketones (excluding diaryl/α,β-unsaturated/α-hetero) is 2. The number of hydrogen-bond donors (Lipinski definition) is 3. The zero-order valence-corrected chi connectivity index (χ0v) is 32.6. The van der Waals surface area contributed by atoms with Crippen LogP contribution in [0.5, 0.6) is 23.0 Å². The molecule has 2 aliphatic rings. The summed E-state index contributed by atoms with van der Waals surface area (Å²) in [7, 11) is 0. The number of benzene rings is 4. The molecule has 0 bridgehead atoms. The lowest BCUT2D eigenvalue weighted by Gasteiger charge is -2.20. The number of phenolic OH excluding ortho intramolecular Hbond substituents is 1. The first-order valence-corrected chi connectivity index (χ1v) is 18.1. The Bertz CT molecular complexity index is 2170. The van der Waals surface area contributed by atoms with Gasteiger partial charge in [-0.1, -0.05) is 18.2 Å². The minimum Gasteiger partial charge on any atom is -0.508 e. The molecule has 0 fully saturated rings. The summed E-state index contributed by atoms with van der Waals surface area (Å²) < 4.78 is 162. The topological polar surface area (TPSA) is 157 Å². The Hall–Kier alpha value is -6.19. The van der Waals surface area contributed by atoms with Crippen molar-refractivity contribution in [3.8, 4) is 23.0 Å². The van der Waals surface area contributed by atoms with E-state index in [-0.39, 0.29) is 91.3 Å². The number of hydrogen-bond acceptors (Lipinski definition) is 8. The number of alkyl halides is 13.